The van der Waals surface area contributed by atoms with Crippen molar-refractivity contribution in [2.24, 2.45) is 0 Å². The van der Waals surface area contributed by atoms with Gasteiger partial charge < -0.3 is 14.8 Å². The van der Waals surface area contributed by atoms with Crippen LogP contribution in [0.25, 0.3) is 0 Å². The van der Waals surface area contributed by atoms with Crippen LogP contribution in [0.4, 0.5) is 10.6 Å². The van der Waals surface area contributed by atoms with Crippen molar-refractivity contribution in [2.45, 2.75) is 45.4 Å². The Bertz CT molecular complexity index is 1000. The predicted octanol–water partition coefficient (Wildman–Crippen LogP) is 5.02. The summed E-state index contributed by atoms with van der Waals surface area (Å²) in [5, 5.41) is 5.89. The van der Waals surface area contributed by atoms with Crippen molar-refractivity contribution in [2.75, 3.05) is 5.32 Å². The molecule has 1 atom stereocenters. The fourth-order valence-corrected chi connectivity index (χ4v) is 3.79. The molecular formula is C22H23BrClN3O4. The molecule has 2 aromatic rings. The van der Waals surface area contributed by atoms with Crippen LogP contribution >= 0.6 is 27.5 Å². The lowest BCUT2D eigenvalue weighted by Crippen LogP contribution is -2.27. The highest BCUT2D eigenvalue weighted by Gasteiger charge is 2.24. The van der Waals surface area contributed by atoms with Crippen LogP contribution in [0, 0.1) is 0 Å². The van der Waals surface area contributed by atoms with Crippen molar-refractivity contribution in [1.29, 1.82) is 0 Å². The van der Waals surface area contributed by atoms with Gasteiger partial charge in [-0.1, -0.05) is 33.6 Å². The first-order chi connectivity index (χ1) is 14.6. The van der Waals surface area contributed by atoms with Gasteiger partial charge in [0.05, 0.1) is 5.02 Å². The zero-order chi connectivity index (χ0) is 22.6. The van der Waals surface area contributed by atoms with Gasteiger partial charge in [0.1, 0.15) is 23.3 Å². The number of carbonyl (C=O) groups is 2. The Morgan fingerprint density at radius 2 is 2.13 bits per heavy atom. The van der Waals surface area contributed by atoms with E-state index in [2.05, 4.69) is 31.5 Å². The molecule has 1 aromatic carbocycles. The zero-order valence-corrected chi connectivity index (χ0v) is 19.7. The molecule has 1 aliphatic rings. The molecule has 2 N–H and O–H groups in total. The molecular weight excluding hydrogens is 486 g/mol. The summed E-state index contributed by atoms with van der Waals surface area (Å²) in [6.07, 6.45) is 4.57. The number of pyridine rings is 1. The van der Waals surface area contributed by atoms with E-state index in [1.807, 2.05) is 6.07 Å². The van der Waals surface area contributed by atoms with E-state index in [0.29, 0.717) is 29.6 Å². The first kappa shape index (κ1) is 23.1. The number of fused-ring (bicyclic) bond motifs is 1. The Morgan fingerprint density at radius 3 is 2.81 bits per heavy atom. The summed E-state index contributed by atoms with van der Waals surface area (Å²) < 4.78 is 11.9. The van der Waals surface area contributed by atoms with Crippen LogP contribution in [0.2, 0.25) is 5.02 Å². The topological polar surface area (TPSA) is 89.6 Å². The summed E-state index contributed by atoms with van der Waals surface area (Å²) >= 11 is 9.61. The van der Waals surface area contributed by atoms with Gasteiger partial charge in [0, 0.05) is 35.3 Å². The van der Waals surface area contributed by atoms with Crippen molar-refractivity contribution < 1.29 is 19.1 Å². The summed E-state index contributed by atoms with van der Waals surface area (Å²) in [6.45, 7) is 5.65. The standard InChI is InChI=1S/C22H23BrClN3O4/c1-22(2,3)31-21(29)27-18-6-4-13(11-25-18)12-26-19(28)7-5-16-9-14-8-15(23)10-17(24)20(14)30-16/h4-8,10-11,16H,9,12H2,1-3H3,(H,26,28)(H,25,27,29)/b7-5+. The number of nitrogens with zero attached hydrogens (tertiary/aromatic N) is 1. The van der Waals surface area contributed by atoms with Crippen LogP contribution < -0.4 is 15.4 Å². The van der Waals surface area contributed by atoms with E-state index < -0.39 is 11.7 Å². The molecule has 1 unspecified atom stereocenters. The number of anilines is 1. The summed E-state index contributed by atoms with van der Waals surface area (Å²) in [7, 11) is 0. The molecule has 2 amide bonds. The van der Waals surface area contributed by atoms with Crippen molar-refractivity contribution in [3.05, 3.63) is 63.2 Å². The lowest BCUT2D eigenvalue weighted by molar-refractivity contribution is -0.116. The van der Waals surface area contributed by atoms with Crippen LogP contribution in [-0.2, 0) is 22.5 Å². The third kappa shape index (κ3) is 6.97. The number of halogens is 2. The number of nitrogens with one attached hydrogen (secondary N) is 2. The van der Waals surface area contributed by atoms with Gasteiger partial charge in [0.25, 0.3) is 0 Å². The second kappa shape index (κ2) is 9.70. The highest BCUT2D eigenvalue weighted by atomic mass is 79.9. The Morgan fingerprint density at radius 1 is 1.35 bits per heavy atom. The molecule has 0 fully saturated rings. The molecule has 164 valence electrons. The monoisotopic (exact) mass is 507 g/mol. The molecule has 0 spiro atoms. The minimum Gasteiger partial charge on any atom is -0.484 e. The van der Waals surface area contributed by atoms with Crippen LogP contribution in [0.15, 0.2) is 47.1 Å². The lowest BCUT2D eigenvalue weighted by atomic mass is 10.1. The third-order valence-corrected chi connectivity index (χ3v) is 4.90. The highest BCUT2D eigenvalue weighted by molar-refractivity contribution is 9.10. The SMILES string of the molecule is CC(C)(C)OC(=O)Nc1ccc(CNC(=O)/C=C/C2Cc3cc(Br)cc(Cl)c3O2)cn1. The lowest BCUT2D eigenvalue weighted by Gasteiger charge is -2.19. The van der Waals surface area contributed by atoms with Gasteiger partial charge in [-0.25, -0.2) is 9.78 Å². The third-order valence-electron chi connectivity index (χ3n) is 4.16. The molecule has 0 radical (unpaired) electrons. The van der Waals surface area contributed by atoms with Crippen molar-refractivity contribution in [3.63, 3.8) is 0 Å². The van der Waals surface area contributed by atoms with E-state index in [1.54, 1.807) is 51.2 Å². The minimum atomic E-state index is -0.586. The second-order valence-electron chi connectivity index (χ2n) is 7.99. The predicted molar refractivity (Wildman–Crippen MR) is 122 cm³/mol. The van der Waals surface area contributed by atoms with E-state index in [1.165, 1.54) is 6.08 Å². The molecule has 9 heteroatoms. The minimum absolute atomic E-state index is 0.243. The zero-order valence-electron chi connectivity index (χ0n) is 17.4. The van der Waals surface area contributed by atoms with E-state index in [4.69, 9.17) is 21.1 Å². The maximum absolute atomic E-state index is 12.1. The summed E-state index contributed by atoms with van der Waals surface area (Å²) in [6, 6.07) is 7.15. The Balaban J connectivity index is 1.46. The van der Waals surface area contributed by atoms with Gasteiger partial charge >= 0.3 is 6.09 Å². The number of hydrogen-bond acceptors (Lipinski definition) is 5. The number of carbonyl (C=O) groups excluding carboxylic acids is 2. The van der Waals surface area contributed by atoms with Gasteiger partial charge in [-0.2, -0.15) is 0 Å². The van der Waals surface area contributed by atoms with E-state index in [0.717, 1.165) is 15.6 Å². The quantitative estimate of drug-likeness (QED) is 0.554. The Hall–Kier alpha value is -2.58. The number of hydrogen-bond donors (Lipinski definition) is 2. The normalized spacial score (nSPS) is 15.3. The van der Waals surface area contributed by atoms with E-state index in [-0.39, 0.29) is 12.0 Å². The van der Waals surface area contributed by atoms with Gasteiger partial charge in [0.15, 0.2) is 0 Å². The van der Waals surface area contributed by atoms with Gasteiger partial charge in [-0.05, 0) is 50.6 Å². The van der Waals surface area contributed by atoms with Gasteiger partial charge in [0.2, 0.25) is 5.91 Å². The van der Waals surface area contributed by atoms with Crippen molar-refractivity contribution in [3.8, 4) is 5.75 Å². The molecule has 1 aromatic heterocycles. The number of benzene rings is 1. The van der Waals surface area contributed by atoms with Crippen LogP contribution in [0.3, 0.4) is 0 Å². The first-order valence-corrected chi connectivity index (χ1v) is 10.8. The molecule has 0 saturated carbocycles. The largest absolute Gasteiger partial charge is 0.484 e. The average molecular weight is 509 g/mol. The summed E-state index contributed by atoms with van der Waals surface area (Å²) in [5.74, 6) is 0.779. The Kier molecular flexibility index (Phi) is 7.23. The van der Waals surface area contributed by atoms with Gasteiger partial charge in [-0.3, -0.25) is 10.1 Å². The average Bonchev–Trinajstić information content (AvgIpc) is 3.07. The Labute approximate surface area is 194 Å². The summed E-state index contributed by atoms with van der Waals surface area (Å²) in [5.41, 5.74) is 1.20. The maximum Gasteiger partial charge on any atom is 0.413 e. The number of rotatable bonds is 5. The fourth-order valence-electron chi connectivity index (χ4n) is 2.87. The molecule has 3 rings (SSSR count). The fraction of sp³-hybridized carbons (Fsp3) is 0.318. The van der Waals surface area contributed by atoms with Crippen molar-refractivity contribution >= 4 is 45.3 Å². The smallest absolute Gasteiger partial charge is 0.413 e. The van der Waals surface area contributed by atoms with Crippen molar-refractivity contribution in [1.82, 2.24) is 10.3 Å². The number of aromatic nitrogens is 1. The number of amides is 2. The summed E-state index contributed by atoms with van der Waals surface area (Å²) in [4.78, 5) is 28.0. The second-order valence-corrected chi connectivity index (χ2v) is 9.31. The molecule has 0 saturated heterocycles. The highest BCUT2D eigenvalue weighted by Crippen LogP contribution is 2.38. The van der Waals surface area contributed by atoms with Crippen LogP contribution in [0.5, 0.6) is 5.75 Å². The van der Waals surface area contributed by atoms with Crippen LogP contribution in [-0.4, -0.2) is 28.7 Å². The first-order valence-electron chi connectivity index (χ1n) is 9.64. The van der Waals surface area contributed by atoms with Gasteiger partial charge in [-0.15, -0.1) is 0 Å². The van der Waals surface area contributed by atoms with E-state index >= 15 is 0 Å². The molecule has 0 aliphatic carbocycles. The molecule has 0 bridgehead atoms. The molecule has 7 nitrogen and oxygen atoms in total. The number of ether oxygens (including phenoxy) is 2. The molecule has 2 heterocycles. The maximum atomic E-state index is 12.1. The van der Waals surface area contributed by atoms with Crippen LogP contribution in [0.1, 0.15) is 31.9 Å². The molecule has 1 aliphatic heterocycles. The van der Waals surface area contributed by atoms with E-state index in [9.17, 15) is 9.59 Å². The molecule has 31 heavy (non-hydrogen) atoms.